The van der Waals surface area contributed by atoms with Crippen LogP contribution in [0.25, 0.3) is 0 Å². The molecule has 0 aliphatic carbocycles. The third-order valence-electron chi connectivity index (χ3n) is 3.09. The molecular weight excluding hydrogens is 262 g/mol. The molecule has 0 aromatic rings. The van der Waals surface area contributed by atoms with Crippen LogP contribution >= 0.6 is 0 Å². The highest BCUT2D eigenvalue weighted by molar-refractivity contribution is 6.25. The molecule has 0 radical (unpaired) electrons. The predicted octanol–water partition coefficient (Wildman–Crippen LogP) is 0.935. The van der Waals surface area contributed by atoms with Crippen LogP contribution in [0.2, 0.25) is 0 Å². The van der Waals surface area contributed by atoms with Crippen LogP contribution in [0.5, 0.6) is 0 Å². The van der Waals surface area contributed by atoms with Gasteiger partial charge in [0.15, 0.2) is 11.7 Å². The molecule has 1 heterocycles. The molecule has 1 unspecified atom stereocenters. The number of hydrogen-bond acceptors (Lipinski definition) is 5. The molecule has 2 atom stereocenters. The van der Waals surface area contributed by atoms with Crippen molar-refractivity contribution in [2.45, 2.75) is 20.3 Å². The molecule has 1 N–H and O–H groups in total. The lowest BCUT2D eigenvalue weighted by atomic mass is 9.86. The maximum atomic E-state index is 12.2. The van der Waals surface area contributed by atoms with Crippen LogP contribution in [0.4, 0.5) is 0 Å². The fourth-order valence-electron chi connectivity index (χ4n) is 1.94. The van der Waals surface area contributed by atoms with Crippen molar-refractivity contribution in [2.75, 3.05) is 14.2 Å². The van der Waals surface area contributed by atoms with E-state index in [1.807, 2.05) is 19.1 Å². The van der Waals surface area contributed by atoms with Crippen molar-refractivity contribution >= 4 is 17.5 Å². The van der Waals surface area contributed by atoms with Gasteiger partial charge in [-0.1, -0.05) is 19.1 Å². The molecule has 0 aromatic carbocycles. The van der Waals surface area contributed by atoms with Gasteiger partial charge in [-0.15, -0.1) is 0 Å². The van der Waals surface area contributed by atoms with Crippen LogP contribution in [0.1, 0.15) is 20.3 Å². The molecule has 0 spiro atoms. The van der Waals surface area contributed by atoms with Gasteiger partial charge in [0.05, 0.1) is 14.2 Å². The van der Waals surface area contributed by atoms with Crippen molar-refractivity contribution in [2.24, 2.45) is 11.8 Å². The molecule has 0 saturated heterocycles. The normalized spacial score (nSPS) is 20.9. The number of amides is 1. The molecule has 0 fully saturated rings. The number of allylic oxidation sites excluding steroid dienone is 3. The number of rotatable bonds is 6. The van der Waals surface area contributed by atoms with Gasteiger partial charge in [0, 0.05) is 5.92 Å². The summed E-state index contributed by atoms with van der Waals surface area (Å²) >= 11 is 0. The van der Waals surface area contributed by atoms with Crippen molar-refractivity contribution in [3.8, 4) is 0 Å². The number of methoxy groups -OCH3 is 2. The summed E-state index contributed by atoms with van der Waals surface area (Å²) < 4.78 is 9.79. The summed E-state index contributed by atoms with van der Waals surface area (Å²) in [4.78, 5) is 36.4. The molecule has 1 amide bonds. The van der Waals surface area contributed by atoms with Gasteiger partial charge in [-0.05, 0) is 13.3 Å². The number of Topliss-reactive ketones (excluding diaryl/α,β-unsaturated/α-hetero) is 2. The van der Waals surface area contributed by atoms with Gasteiger partial charge in [-0.2, -0.15) is 0 Å². The summed E-state index contributed by atoms with van der Waals surface area (Å²) in [7, 11) is 2.59. The average Bonchev–Trinajstić information content (AvgIpc) is 2.43. The van der Waals surface area contributed by atoms with E-state index >= 15 is 0 Å². The highest BCUT2D eigenvalue weighted by atomic mass is 16.5. The lowest BCUT2D eigenvalue weighted by Crippen LogP contribution is -2.47. The average molecular weight is 281 g/mol. The van der Waals surface area contributed by atoms with E-state index in [0.717, 1.165) is 0 Å². The van der Waals surface area contributed by atoms with Crippen molar-refractivity contribution in [1.29, 1.82) is 0 Å². The largest absolute Gasteiger partial charge is 0.489 e. The van der Waals surface area contributed by atoms with E-state index in [9.17, 15) is 14.4 Å². The molecule has 110 valence electrons. The summed E-state index contributed by atoms with van der Waals surface area (Å²) in [6.07, 6.45) is 4.12. The summed E-state index contributed by atoms with van der Waals surface area (Å²) in [6.45, 7) is 3.53. The molecular formula is C14H19NO5. The fourth-order valence-corrected chi connectivity index (χ4v) is 1.94. The third kappa shape index (κ3) is 3.07. The van der Waals surface area contributed by atoms with E-state index in [4.69, 9.17) is 9.47 Å². The van der Waals surface area contributed by atoms with Crippen molar-refractivity contribution < 1.29 is 23.9 Å². The zero-order chi connectivity index (χ0) is 15.3. The Morgan fingerprint density at radius 1 is 1.35 bits per heavy atom. The van der Waals surface area contributed by atoms with Gasteiger partial charge >= 0.3 is 0 Å². The SMILES string of the molecule is C/C=C/C[C@H](C)C(=O)C1C(=O)NC(OC)=C(OC)C1=O. The highest BCUT2D eigenvalue weighted by Gasteiger charge is 2.43. The Balaban J connectivity index is 3.02. The van der Waals surface area contributed by atoms with E-state index in [-0.39, 0.29) is 11.6 Å². The fraction of sp³-hybridized carbons (Fsp3) is 0.500. The number of carbonyl (C=O) groups excluding carboxylic acids is 3. The van der Waals surface area contributed by atoms with E-state index in [1.165, 1.54) is 14.2 Å². The van der Waals surface area contributed by atoms with E-state index in [1.54, 1.807) is 6.92 Å². The predicted molar refractivity (Wildman–Crippen MR) is 71.3 cm³/mol. The van der Waals surface area contributed by atoms with Crippen LogP contribution < -0.4 is 5.32 Å². The highest BCUT2D eigenvalue weighted by Crippen LogP contribution is 2.22. The molecule has 0 bridgehead atoms. The Morgan fingerprint density at radius 3 is 2.50 bits per heavy atom. The molecule has 6 nitrogen and oxygen atoms in total. The summed E-state index contributed by atoms with van der Waals surface area (Å²) in [6, 6.07) is 0. The second-order valence-corrected chi connectivity index (χ2v) is 4.46. The van der Waals surface area contributed by atoms with Crippen LogP contribution in [0.15, 0.2) is 23.8 Å². The maximum absolute atomic E-state index is 12.2. The van der Waals surface area contributed by atoms with Crippen LogP contribution in [0, 0.1) is 11.8 Å². The molecule has 1 aliphatic rings. The van der Waals surface area contributed by atoms with Gasteiger partial charge < -0.3 is 9.47 Å². The first-order valence-electron chi connectivity index (χ1n) is 6.30. The monoisotopic (exact) mass is 281 g/mol. The van der Waals surface area contributed by atoms with Gasteiger partial charge in [-0.3, -0.25) is 19.7 Å². The Labute approximate surface area is 117 Å². The lowest BCUT2D eigenvalue weighted by molar-refractivity contribution is -0.144. The van der Waals surface area contributed by atoms with E-state index in [2.05, 4.69) is 5.32 Å². The summed E-state index contributed by atoms with van der Waals surface area (Å²) in [5.74, 6) is -3.75. The first kappa shape index (κ1) is 15.9. The molecule has 0 saturated carbocycles. The number of ketones is 2. The first-order chi connectivity index (χ1) is 9.47. The molecule has 1 rings (SSSR count). The Hall–Kier alpha value is -2.11. The smallest absolute Gasteiger partial charge is 0.245 e. The minimum absolute atomic E-state index is 0.0624. The van der Waals surface area contributed by atoms with Crippen LogP contribution in [-0.4, -0.2) is 31.7 Å². The molecule has 0 aromatic heterocycles. The Kier molecular flexibility index (Phi) is 5.49. The lowest BCUT2D eigenvalue weighted by Gasteiger charge is -2.24. The van der Waals surface area contributed by atoms with Crippen LogP contribution in [0.3, 0.4) is 0 Å². The van der Waals surface area contributed by atoms with Gasteiger partial charge in [-0.25, -0.2) is 0 Å². The molecule has 20 heavy (non-hydrogen) atoms. The minimum atomic E-state index is -1.37. The van der Waals surface area contributed by atoms with E-state index in [0.29, 0.717) is 6.42 Å². The third-order valence-corrected chi connectivity index (χ3v) is 3.09. The van der Waals surface area contributed by atoms with Crippen molar-refractivity contribution in [3.63, 3.8) is 0 Å². The van der Waals surface area contributed by atoms with Crippen LogP contribution in [-0.2, 0) is 23.9 Å². The standard InChI is InChI=1S/C14H19NO5/c1-5-6-7-8(2)10(16)9-11(17)12(19-3)14(20-4)15-13(9)18/h5-6,8-9H,7H2,1-4H3,(H,15,18)/b6-5+/t8-,9?/m0/s1. The second kappa shape index (κ2) is 6.88. The van der Waals surface area contributed by atoms with Gasteiger partial charge in [0.2, 0.25) is 23.3 Å². The second-order valence-electron chi connectivity index (χ2n) is 4.46. The maximum Gasteiger partial charge on any atom is 0.245 e. The quantitative estimate of drug-likeness (QED) is 0.578. The summed E-state index contributed by atoms with van der Waals surface area (Å²) in [5, 5.41) is 2.37. The number of hydrogen-bond donors (Lipinski definition) is 1. The van der Waals surface area contributed by atoms with Gasteiger partial charge in [0.25, 0.3) is 0 Å². The Morgan fingerprint density at radius 2 is 2.00 bits per heavy atom. The van der Waals surface area contributed by atoms with E-state index < -0.39 is 29.3 Å². The topological polar surface area (TPSA) is 81.7 Å². The summed E-state index contributed by atoms with van der Waals surface area (Å²) in [5.41, 5.74) is 0. The van der Waals surface area contributed by atoms with Crippen molar-refractivity contribution in [1.82, 2.24) is 5.32 Å². The van der Waals surface area contributed by atoms with Gasteiger partial charge in [0.1, 0.15) is 0 Å². The zero-order valence-electron chi connectivity index (χ0n) is 12.1. The molecule has 1 aliphatic heterocycles. The zero-order valence-corrected chi connectivity index (χ0v) is 12.1. The number of nitrogens with one attached hydrogen (secondary N) is 1. The number of carbonyl (C=O) groups is 3. The molecule has 6 heteroatoms. The number of ether oxygens (including phenoxy) is 2. The van der Waals surface area contributed by atoms with Crippen molar-refractivity contribution in [3.05, 3.63) is 23.8 Å². The first-order valence-corrected chi connectivity index (χ1v) is 6.30. The minimum Gasteiger partial charge on any atom is -0.489 e. The Bertz CT molecular complexity index is 478.